The van der Waals surface area contributed by atoms with Gasteiger partial charge in [-0.3, -0.25) is 0 Å². The topological polar surface area (TPSA) is 58.9 Å². The summed E-state index contributed by atoms with van der Waals surface area (Å²) in [5.74, 6) is 1.93. The summed E-state index contributed by atoms with van der Waals surface area (Å²) >= 11 is 0. The van der Waals surface area contributed by atoms with Crippen molar-refractivity contribution in [3.63, 3.8) is 0 Å². The summed E-state index contributed by atoms with van der Waals surface area (Å²) in [5.41, 5.74) is 0. The Labute approximate surface area is 76.3 Å². The van der Waals surface area contributed by atoms with Gasteiger partial charge in [0.1, 0.15) is 0 Å². The number of H-pyrrole nitrogens is 1. The number of hydrogen-bond donors (Lipinski definition) is 1. The molecule has 1 saturated carbocycles. The molecule has 1 fully saturated rings. The van der Waals surface area contributed by atoms with E-state index < -0.39 is 5.76 Å². The molecular formula is C9H14N2O2. The van der Waals surface area contributed by atoms with Crippen LogP contribution in [0.15, 0.2) is 9.21 Å². The summed E-state index contributed by atoms with van der Waals surface area (Å²) in [7, 11) is 0. The Balaban J connectivity index is 1.96. The van der Waals surface area contributed by atoms with Gasteiger partial charge in [-0.1, -0.05) is 13.8 Å². The number of hydrogen-bond acceptors (Lipinski definition) is 3. The fourth-order valence-electron chi connectivity index (χ4n) is 1.82. The molecule has 0 aliphatic heterocycles. The Kier molecular flexibility index (Phi) is 1.98. The molecule has 72 valence electrons. The van der Waals surface area contributed by atoms with Crippen LogP contribution >= 0.6 is 0 Å². The highest BCUT2D eigenvalue weighted by molar-refractivity contribution is 5.05. The van der Waals surface area contributed by atoms with E-state index >= 15 is 0 Å². The lowest BCUT2D eigenvalue weighted by atomic mass is 10.1. The molecule has 4 heteroatoms. The van der Waals surface area contributed by atoms with Crippen molar-refractivity contribution >= 4 is 0 Å². The summed E-state index contributed by atoms with van der Waals surface area (Å²) in [6.45, 7) is 4.41. The molecule has 0 unspecified atom stereocenters. The first-order valence-corrected chi connectivity index (χ1v) is 4.72. The molecule has 13 heavy (non-hydrogen) atoms. The molecule has 2 rings (SSSR count). The Morgan fingerprint density at radius 3 is 3.00 bits per heavy atom. The van der Waals surface area contributed by atoms with Crippen LogP contribution in [0.1, 0.15) is 38.5 Å². The second-order valence-electron chi connectivity index (χ2n) is 4.18. The normalized spacial score (nSPS) is 26.7. The van der Waals surface area contributed by atoms with E-state index in [0.29, 0.717) is 23.6 Å². The third kappa shape index (κ3) is 1.82. The van der Waals surface area contributed by atoms with Gasteiger partial charge in [-0.25, -0.2) is 9.89 Å². The van der Waals surface area contributed by atoms with Crippen LogP contribution < -0.4 is 5.76 Å². The van der Waals surface area contributed by atoms with E-state index in [2.05, 4.69) is 24.0 Å². The fourth-order valence-corrected chi connectivity index (χ4v) is 1.82. The predicted molar refractivity (Wildman–Crippen MR) is 47.4 cm³/mol. The Morgan fingerprint density at radius 2 is 2.46 bits per heavy atom. The van der Waals surface area contributed by atoms with Crippen LogP contribution in [0.25, 0.3) is 0 Å². The average molecular weight is 182 g/mol. The van der Waals surface area contributed by atoms with Crippen LogP contribution in [0, 0.1) is 11.8 Å². The van der Waals surface area contributed by atoms with Gasteiger partial charge >= 0.3 is 5.76 Å². The van der Waals surface area contributed by atoms with Gasteiger partial charge in [0.15, 0.2) is 0 Å². The molecule has 1 aliphatic rings. The monoisotopic (exact) mass is 182 g/mol. The first-order chi connectivity index (χ1) is 6.16. The minimum Gasteiger partial charge on any atom is -0.392 e. The first-order valence-electron chi connectivity index (χ1n) is 4.72. The van der Waals surface area contributed by atoms with Gasteiger partial charge in [0, 0.05) is 5.92 Å². The Bertz CT molecular complexity index is 339. The van der Waals surface area contributed by atoms with E-state index in [9.17, 15) is 4.79 Å². The molecule has 0 saturated heterocycles. The Morgan fingerprint density at radius 1 is 1.69 bits per heavy atom. The lowest BCUT2D eigenvalue weighted by Gasteiger charge is -2.00. The highest BCUT2D eigenvalue weighted by Gasteiger charge is 2.42. The maximum atomic E-state index is 10.7. The molecule has 0 radical (unpaired) electrons. The third-order valence-electron chi connectivity index (χ3n) is 2.47. The predicted octanol–water partition coefficient (Wildman–Crippen LogP) is 1.51. The standard InChI is InChI=1S/C9H14N2O2/c1-5(2)3-6-4-7(6)8-10-11-9(12)13-8/h5-7H,3-4H2,1-2H3,(H,11,12)/t6-,7-/m1/s1. The van der Waals surface area contributed by atoms with Crippen molar-refractivity contribution < 1.29 is 4.42 Å². The summed E-state index contributed by atoms with van der Waals surface area (Å²) < 4.78 is 4.90. The molecular weight excluding hydrogens is 168 g/mol. The van der Waals surface area contributed by atoms with E-state index in [-0.39, 0.29) is 0 Å². The number of rotatable bonds is 3. The van der Waals surface area contributed by atoms with Gasteiger partial charge in [-0.2, -0.15) is 0 Å². The molecule has 0 aromatic carbocycles. The maximum absolute atomic E-state index is 10.7. The number of aromatic nitrogens is 2. The fraction of sp³-hybridized carbons (Fsp3) is 0.778. The van der Waals surface area contributed by atoms with Crippen LogP contribution in [0.4, 0.5) is 0 Å². The molecule has 1 aromatic rings. The quantitative estimate of drug-likeness (QED) is 0.770. The van der Waals surface area contributed by atoms with Gasteiger partial charge in [0.05, 0.1) is 0 Å². The van der Waals surface area contributed by atoms with Crippen LogP contribution in [-0.2, 0) is 0 Å². The second-order valence-corrected chi connectivity index (χ2v) is 4.18. The zero-order valence-corrected chi connectivity index (χ0v) is 7.91. The van der Waals surface area contributed by atoms with Crippen molar-refractivity contribution in [2.45, 2.75) is 32.6 Å². The van der Waals surface area contributed by atoms with E-state index in [4.69, 9.17) is 4.42 Å². The average Bonchev–Trinajstić information content (AvgIpc) is 2.63. The zero-order valence-electron chi connectivity index (χ0n) is 7.91. The molecule has 1 N–H and O–H groups in total. The smallest absolute Gasteiger partial charge is 0.392 e. The molecule has 0 bridgehead atoms. The van der Waals surface area contributed by atoms with E-state index in [1.165, 1.54) is 6.42 Å². The minimum atomic E-state index is -0.440. The van der Waals surface area contributed by atoms with Crippen molar-refractivity contribution in [2.24, 2.45) is 11.8 Å². The summed E-state index contributed by atoms with van der Waals surface area (Å²) in [4.78, 5) is 10.7. The molecule has 1 aliphatic carbocycles. The first kappa shape index (κ1) is 8.53. The van der Waals surface area contributed by atoms with E-state index in [1.54, 1.807) is 0 Å². The van der Waals surface area contributed by atoms with E-state index in [0.717, 1.165) is 6.42 Å². The highest BCUT2D eigenvalue weighted by Crippen LogP contribution is 2.49. The number of aromatic amines is 1. The van der Waals surface area contributed by atoms with Crippen LogP contribution in [0.2, 0.25) is 0 Å². The largest absolute Gasteiger partial charge is 0.434 e. The van der Waals surface area contributed by atoms with Gasteiger partial charge in [-0.05, 0) is 24.7 Å². The highest BCUT2D eigenvalue weighted by atomic mass is 16.4. The molecule has 2 atom stereocenters. The number of nitrogens with zero attached hydrogens (tertiary/aromatic N) is 1. The summed E-state index contributed by atoms with van der Waals surface area (Å²) in [6, 6.07) is 0. The van der Waals surface area contributed by atoms with Crippen LogP contribution in [0.3, 0.4) is 0 Å². The van der Waals surface area contributed by atoms with Crippen molar-refractivity contribution in [1.82, 2.24) is 10.2 Å². The van der Waals surface area contributed by atoms with E-state index in [1.807, 2.05) is 0 Å². The van der Waals surface area contributed by atoms with Gasteiger partial charge in [0.2, 0.25) is 5.89 Å². The van der Waals surface area contributed by atoms with Gasteiger partial charge in [0.25, 0.3) is 0 Å². The van der Waals surface area contributed by atoms with Gasteiger partial charge < -0.3 is 4.42 Å². The zero-order chi connectivity index (χ0) is 9.42. The van der Waals surface area contributed by atoms with Gasteiger partial charge in [-0.15, -0.1) is 5.10 Å². The van der Waals surface area contributed by atoms with Crippen molar-refractivity contribution in [1.29, 1.82) is 0 Å². The SMILES string of the molecule is CC(C)C[C@@H]1C[C@H]1c1n[nH]c(=O)o1. The lowest BCUT2D eigenvalue weighted by Crippen LogP contribution is -1.94. The lowest BCUT2D eigenvalue weighted by molar-refractivity contribution is 0.445. The van der Waals surface area contributed by atoms with Crippen molar-refractivity contribution in [3.05, 3.63) is 16.4 Å². The summed E-state index contributed by atoms with van der Waals surface area (Å²) in [6.07, 6.45) is 2.31. The van der Waals surface area contributed by atoms with Crippen LogP contribution in [-0.4, -0.2) is 10.2 Å². The molecule has 4 nitrogen and oxygen atoms in total. The molecule has 1 aromatic heterocycles. The number of nitrogens with one attached hydrogen (secondary N) is 1. The summed E-state index contributed by atoms with van der Waals surface area (Å²) in [5, 5.41) is 6.12. The maximum Gasteiger partial charge on any atom is 0.434 e. The Hall–Kier alpha value is -1.06. The van der Waals surface area contributed by atoms with Crippen molar-refractivity contribution in [3.8, 4) is 0 Å². The second kappa shape index (κ2) is 3.01. The molecule has 1 heterocycles. The molecule has 0 amide bonds. The minimum absolute atomic E-state index is 0.390. The van der Waals surface area contributed by atoms with Crippen LogP contribution in [0.5, 0.6) is 0 Å². The molecule has 0 spiro atoms. The van der Waals surface area contributed by atoms with Crippen molar-refractivity contribution in [2.75, 3.05) is 0 Å². The third-order valence-corrected chi connectivity index (χ3v) is 2.47.